The highest BCUT2D eigenvalue weighted by Crippen LogP contribution is 1.94. The summed E-state index contributed by atoms with van der Waals surface area (Å²) in [5, 5.41) is 8.30. The number of hydrogen-bond acceptors (Lipinski definition) is 3. The Bertz CT molecular complexity index is 147. The van der Waals surface area contributed by atoms with Crippen LogP contribution in [0.15, 0.2) is 5.51 Å². The molecule has 2 nitrogen and oxygen atoms in total. The molecular formula is C8H16N2S. The molecule has 1 rings (SSSR count). The van der Waals surface area contributed by atoms with E-state index in [1.807, 2.05) is 6.92 Å². The van der Waals surface area contributed by atoms with Gasteiger partial charge in [-0.1, -0.05) is 33.1 Å². The number of unbranched alkanes of at least 4 members (excludes halogenated alkanes) is 2. The monoisotopic (exact) mass is 172 g/mol. The molecule has 1 heterocycles. The van der Waals surface area contributed by atoms with Gasteiger partial charge in [-0.2, -0.15) is 0 Å². The van der Waals surface area contributed by atoms with Gasteiger partial charge in [0.2, 0.25) is 0 Å². The van der Waals surface area contributed by atoms with Gasteiger partial charge in [0.15, 0.2) is 0 Å². The summed E-state index contributed by atoms with van der Waals surface area (Å²) in [6, 6.07) is 0. The molecule has 0 radical (unpaired) electrons. The van der Waals surface area contributed by atoms with Crippen LogP contribution >= 0.6 is 11.3 Å². The average molecular weight is 172 g/mol. The van der Waals surface area contributed by atoms with E-state index in [0.29, 0.717) is 0 Å². The fraction of sp³-hybridized carbons (Fsp3) is 0.750. The van der Waals surface area contributed by atoms with Crippen LogP contribution < -0.4 is 0 Å². The number of aryl methyl sites for hydroxylation is 1. The summed E-state index contributed by atoms with van der Waals surface area (Å²) in [6.45, 7) is 6.35. The molecule has 1 aromatic rings. The molecule has 0 aromatic carbocycles. The summed E-state index contributed by atoms with van der Waals surface area (Å²) >= 11 is 1.56. The second kappa shape index (κ2) is 7.66. The molecule has 11 heavy (non-hydrogen) atoms. The van der Waals surface area contributed by atoms with E-state index in [-0.39, 0.29) is 0 Å². The van der Waals surface area contributed by atoms with Gasteiger partial charge in [0.25, 0.3) is 0 Å². The van der Waals surface area contributed by atoms with Crippen molar-refractivity contribution in [3.8, 4) is 0 Å². The smallest absolute Gasteiger partial charge is 0.114 e. The number of hydrogen-bond donors (Lipinski definition) is 0. The SMILES string of the molecule is CCCCC.Cc1nncs1. The van der Waals surface area contributed by atoms with Crippen LogP contribution in [-0.4, -0.2) is 10.2 Å². The molecule has 0 saturated heterocycles. The largest absolute Gasteiger partial charge is 0.147 e. The maximum Gasteiger partial charge on any atom is 0.114 e. The molecule has 0 N–H and O–H groups in total. The third-order valence-corrected chi connectivity index (χ3v) is 1.80. The number of rotatable bonds is 2. The highest BCUT2D eigenvalue weighted by molar-refractivity contribution is 7.09. The number of nitrogens with zero attached hydrogens (tertiary/aromatic N) is 2. The van der Waals surface area contributed by atoms with E-state index in [1.54, 1.807) is 16.8 Å². The first-order valence-electron chi connectivity index (χ1n) is 4.04. The van der Waals surface area contributed by atoms with Crippen LogP contribution in [0, 0.1) is 6.92 Å². The summed E-state index contributed by atoms with van der Waals surface area (Å²) in [4.78, 5) is 0. The first-order valence-corrected chi connectivity index (χ1v) is 4.92. The first-order chi connectivity index (χ1) is 5.31. The van der Waals surface area contributed by atoms with Crippen molar-refractivity contribution in [2.24, 2.45) is 0 Å². The molecular weight excluding hydrogens is 156 g/mol. The van der Waals surface area contributed by atoms with Crippen molar-refractivity contribution in [2.45, 2.75) is 40.0 Å². The average Bonchev–Trinajstić information content (AvgIpc) is 2.43. The van der Waals surface area contributed by atoms with Gasteiger partial charge in [-0.15, -0.1) is 21.5 Å². The van der Waals surface area contributed by atoms with Crippen molar-refractivity contribution in [1.29, 1.82) is 0 Å². The Hall–Kier alpha value is -0.440. The molecule has 0 spiro atoms. The molecule has 0 atom stereocenters. The fourth-order valence-corrected chi connectivity index (χ4v) is 0.923. The molecule has 0 fully saturated rings. The lowest BCUT2D eigenvalue weighted by molar-refractivity contribution is 0.772. The second-order valence-corrected chi connectivity index (χ2v) is 3.35. The zero-order valence-corrected chi connectivity index (χ0v) is 8.32. The molecule has 1 aromatic heterocycles. The Balaban J connectivity index is 0.000000187. The van der Waals surface area contributed by atoms with Gasteiger partial charge < -0.3 is 0 Å². The van der Waals surface area contributed by atoms with Crippen molar-refractivity contribution >= 4 is 11.3 Å². The minimum Gasteiger partial charge on any atom is -0.147 e. The molecule has 3 heteroatoms. The summed E-state index contributed by atoms with van der Waals surface area (Å²) in [5.41, 5.74) is 1.72. The van der Waals surface area contributed by atoms with Crippen LogP contribution in [0.5, 0.6) is 0 Å². The van der Waals surface area contributed by atoms with Crippen molar-refractivity contribution < 1.29 is 0 Å². The Morgan fingerprint density at radius 1 is 1.36 bits per heavy atom. The fourth-order valence-electron chi connectivity index (χ4n) is 0.582. The van der Waals surface area contributed by atoms with Crippen molar-refractivity contribution in [2.75, 3.05) is 0 Å². The van der Waals surface area contributed by atoms with Crippen molar-refractivity contribution in [1.82, 2.24) is 10.2 Å². The second-order valence-electron chi connectivity index (χ2n) is 2.31. The van der Waals surface area contributed by atoms with Gasteiger partial charge in [0.05, 0.1) is 0 Å². The van der Waals surface area contributed by atoms with E-state index in [1.165, 1.54) is 19.3 Å². The van der Waals surface area contributed by atoms with Crippen LogP contribution in [-0.2, 0) is 0 Å². The molecule has 0 unspecified atom stereocenters. The summed E-state index contributed by atoms with van der Waals surface area (Å²) in [6.07, 6.45) is 4.08. The van der Waals surface area contributed by atoms with Crippen LogP contribution in [0.2, 0.25) is 0 Å². The molecule has 64 valence electrons. The van der Waals surface area contributed by atoms with E-state index < -0.39 is 0 Å². The highest BCUT2D eigenvalue weighted by atomic mass is 32.1. The lowest BCUT2D eigenvalue weighted by Gasteiger charge is -1.79. The topological polar surface area (TPSA) is 25.8 Å². The van der Waals surface area contributed by atoms with Crippen LogP contribution in [0.25, 0.3) is 0 Å². The maximum absolute atomic E-state index is 3.69. The Kier molecular flexibility index (Phi) is 7.36. The van der Waals surface area contributed by atoms with Crippen LogP contribution in [0.4, 0.5) is 0 Å². The zero-order valence-electron chi connectivity index (χ0n) is 7.50. The summed E-state index contributed by atoms with van der Waals surface area (Å²) in [7, 11) is 0. The predicted molar refractivity (Wildman–Crippen MR) is 49.8 cm³/mol. The van der Waals surface area contributed by atoms with E-state index in [4.69, 9.17) is 0 Å². The van der Waals surface area contributed by atoms with E-state index in [2.05, 4.69) is 24.0 Å². The highest BCUT2D eigenvalue weighted by Gasteiger charge is 1.78. The van der Waals surface area contributed by atoms with Gasteiger partial charge in [0.1, 0.15) is 10.5 Å². The van der Waals surface area contributed by atoms with Crippen LogP contribution in [0.1, 0.15) is 38.1 Å². The maximum atomic E-state index is 3.69. The van der Waals surface area contributed by atoms with Gasteiger partial charge >= 0.3 is 0 Å². The Labute approximate surface area is 72.7 Å². The van der Waals surface area contributed by atoms with Gasteiger partial charge in [0, 0.05) is 0 Å². The lowest BCUT2D eigenvalue weighted by Crippen LogP contribution is -1.64. The minimum atomic E-state index is 1.02. The van der Waals surface area contributed by atoms with Gasteiger partial charge in [-0.25, -0.2) is 0 Å². The van der Waals surface area contributed by atoms with E-state index in [0.717, 1.165) is 5.01 Å². The summed E-state index contributed by atoms with van der Waals surface area (Å²) in [5.74, 6) is 0. The third-order valence-electron chi connectivity index (χ3n) is 1.18. The molecule has 0 amide bonds. The number of aromatic nitrogens is 2. The molecule has 0 aliphatic carbocycles. The van der Waals surface area contributed by atoms with E-state index in [9.17, 15) is 0 Å². The quantitative estimate of drug-likeness (QED) is 0.685. The molecule has 0 aliphatic heterocycles. The van der Waals surface area contributed by atoms with Crippen molar-refractivity contribution in [3.63, 3.8) is 0 Å². The summed E-state index contributed by atoms with van der Waals surface area (Å²) < 4.78 is 0. The third kappa shape index (κ3) is 7.46. The Morgan fingerprint density at radius 2 is 2.00 bits per heavy atom. The lowest BCUT2D eigenvalue weighted by atomic mass is 10.3. The van der Waals surface area contributed by atoms with Gasteiger partial charge in [-0.05, 0) is 6.92 Å². The predicted octanol–water partition coefficient (Wildman–Crippen LogP) is 3.04. The molecule has 0 bridgehead atoms. The first kappa shape index (κ1) is 10.6. The Morgan fingerprint density at radius 3 is 2.09 bits per heavy atom. The van der Waals surface area contributed by atoms with Crippen LogP contribution in [0.3, 0.4) is 0 Å². The standard InChI is InChI=1S/C5H12.C3H4N2S/c1-3-5-4-2;1-3-5-4-2-6-3/h3-5H2,1-2H3;2H,1H3. The zero-order chi connectivity index (χ0) is 8.53. The van der Waals surface area contributed by atoms with E-state index >= 15 is 0 Å². The molecule has 0 saturated carbocycles. The molecule has 0 aliphatic rings. The van der Waals surface area contributed by atoms with Gasteiger partial charge in [-0.3, -0.25) is 0 Å². The normalized spacial score (nSPS) is 8.64. The van der Waals surface area contributed by atoms with Crippen molar-refractivity contribution in [3.05, 3.63) is 10.5 Å². The minimum absolute atomic E-state index is 1.02.